The number of nitro benzene ring substituents is 1. The fraction of sp³-hybridized carbons (Fsp3) is 0.269. The van der Waals surface area contributed by atoms with Gasteiger partial charge in [-0.25, -0.2) is 4.79 Å². The molecule has 0 aliphatic heterocycles. The summed E-state index contributed by atoms with van der Waals surface area (Å²) in [5.41, 5.74) is 2.99. The predicted molar refractivity (Wildman–Crippen MR) is 124 cm³/mol. The lowest BCUT2D eigenvalue weighted by Gasteiger charge is -2.25. The molecule has 1 aliphatic carbocycles. The van der Waals surface area contributed by atoms with E-state index in [1.165, 1.54) is 61.9 Å². The minimum absolute atomic E-state index is 0.0516. The number of rotatable bonds is 6. The van der Waals surface area contributed by atoms with Crippen molar-refractivity contribution in [3.05, 3.63) is 100 Å². The maximum Gasteiger partial charge on any atom is 0.420 e. The van der Waals surface area contributed by atoms with E-state index in [2.05, 4.69) is 12.1 Å². The molecule has 3 aromatic rings. The molecule has 0 radical (unpaired) electrons. The molecule has 0 atom stereocenters. The van der Waals surface area contributed by atoms with Gasteiger partial charge in [-0.05, 0) is 54.2 Å². The van der Waals surface area contributed by atoms with Crippen LogP contribution in [0.5, 0.6) is 5.75 Å². The number of anilines is 1. The molecule has 6 nitrogen and oxygen atoms in total. The normalized spacial score (nSPS) is 14.0. The number of hydrogen-bond donors (Lipinski definition) is 0. The first-order valence-electron chi connectivity index (χ1n) is 11.0. The lowest BCUT2D eigenvalue weighted by Crippen LogP contribution is -2.33. The van der Waals surface area contributed by atoms with Crippen LogP contribution in [0.25, 0.3) is 0 Å². The first kappa shape index (κ1) is 21.6. The largest absolute Gasteiger partial charge is 0.420 e. The Morgan fingerprint density at radius 1 is 0.906 bits per heavy atom. The molecule has 32 heavy (non-hydrogen) atoms. The highest BCUT2D eigenvalue weighted by atomic mass is 16.6. The summed E-state index contributed by atoms with van der Waals surface area (Å²) < 4.78 is 5.55. The minimum Gasteiger partial charge on any atom is -0.410 e. The van der Waals surface area contributed by atoms with Crippen LogP contribution in [0.2, 0.25) is 0 Å². The molecule has 4 rings (SSSR count). The smallest absolute Gasteiger partial charge is 0.410 e. The lowest BCUT2D eigenvalue weighted by molar-refractivity contribution is -0.384. The molecule has 1 aliphatic rings. The maximum atomic E-state index is 13.1. The van der Waals surface area contributed by atoms with Gasteiger partial charge < -0.3 is 4.74 Å². The topological polar surface area (TPSA) is 72.7 Å². The van der Waals surface area contributed by atoms with Gasteiger partial charge in [0.25, 0.3) is 5.69 Å². The van der Waals surface area contributed by atoms with Crippen LogP contribution in [0.3, 0.4) is 0 Å². The number of nitro groups is 1. The maximum absolute atomic E-state index is 13.1. The van der Waals surface area contributed by atoms with E-state index >= 15 is 0 Å². The number of carbonyl (C=O) groups is 1. The van der Waals surface area contributed by atoms with Crippen LogP contribution in [0, 0.1) is 10.1 Å². The van der Waals surface area contributed by atoms with Crippen LogP contribution >= 0.6 is 0 Å². The van der Waals surface area contributed by atoms with Gasteiger partial charge in [-0.3, -0.25) is 15.0 Å². The summed E-state index contributed by atoms with van der Waals surface area (Å²) in [6, 6.07) is 23.4. The fourth-order valence-electron chi connectivity index (χ4n) is 4.18. The zero-order valence-corrected chi connectivity index (χ0v) is 17.9. The van der Waals surface area contributed by atoms with Gasteiger partial charge >= 0.3 is 6.09 Å². The SMILES string of the molecule is O=C(Oc1ccc([N+](=O)[O-])cc1)N(Cc1ccccc1)c1ccc(C2CCCCC2)cc1. The number of hydrogen-bond acceptors (Lipinski definition) is 4. The third-order valence-corrected chi connectivity index (χ3v) is 5.94. The highest BCUT2D eigenvalue weighted by Crippen LogP contribution is 2.33. The van der Waals surface area contributed by atoms with E-state index in [-0.39, 0.29) is 11.4 Å². The Bertz CT molecular complexity index is 1040. The van der Waals surface area contributed by atoms with E-state index in [0.29, 0.717) is 12.5 Å². The van der Waals surface area contributed by atoms with Crippen LogP contribution in [0.4, 0.5) is 16.2 Å². The van der Waals surface area contributed by atoms with Crippen LogP contribution < -0.4 is 9.64 Å². The van der Waals surface area contributed by atoms with Gasteiger partial charge in [0, 0.05) is 17.8 Å². The Hall–Kier alpha value is -3.67. The molecule has 1 saturated carbocycles. The first-order valence-corrected chi connectivity index (χ1v) is 11.0. The van der Waals surface area contributed by atoms with Crippen molar-refractivity contribution in [2.75, 3.05) is 4.90 Å². The van der Waals surface area contributed by atoms with E-state index in [1.54, 1.807) is 4.90 Å². The second kappa shape index (κ2) is 10.1. The van der Waals surface area contributed by atoms with Crippen molar-refractivity contribution in [1.29, 1.82) is 0 Å². The molecule has 6 heteroatoms. The quantitative estimate of drug-likeness (QED) is 0.317. The third-order valence-electron chi connectivity index (χ3n) is 5.94. The van der Waals surface area contributed by atoms with Crippen molar-refractivity contribution in [1.82, 2.24) is 0 Å². The van der Waals surface area contributed by atoms with Gasteiger partial charge in [0.2, 0.25) is 0 Å². The van der Waals surface area contributed by atoms with Crippen LogP contribution in [0.1, 0.15) is 49.1 Å². The molecule has 1 fully saturated rings. The summed E-state index contributed by atoms with van der Waals surface area (Å²) in [6.45, 7) is 0.357. The van der Waals surface area contributed by atoms with E-state index in [0.717, 1.165) is 11.3 Å². The van der Waals surface area contributed by atoms with Crippen LogP contribution in [0.15, 0.2) is 78.9 Å². The van der Waals surface area contributed by atoms with Gasteiger partial charge in [0.15, 0.2) is 0 Å². The average Bonchev–Trinajstić information content (AvgIpc) is 2.84. The van der Waals surface area contributed by atoms with Gasteiger partial charge in [0.1, 0.15) is 5.75 Å². The number of benzene rings is 3. The Labute approximate surface area is 187 Å². The number of ether oxygens (including phenoxy) is 1. The second-order valence-corrected chi connectivity index (χ2v) is 8.12. The van der Waals surface area contributed by atoms with Crippen molar-refractivity contribution in [3.8, 4) is 5.75 Å². The fourth-order valence-corrected chi connectivity index (χ4v) is 4.18. The number of amides is 1. The van der Waals surface area contributed by atoms with Crippen molar-refractivity contribution in [2.45, 2.75) is 44.6 Å². The van der Waals surface area contributed by atoms with Gasteiger partial charge in [-0.2, -0.15) is 0 Å². The molecule has 1 amide bonds. The number of non-ortho nitro benzene ring substituents is 1. The van der Waals surface area contributed by atoms with E-state index < -0.39 is 11.0 Å². The zero-order valence-electron chi connectivity index (χ0n) is 17.9. The van der Waals surface area contributed by atoms with Gasteiger partial charge in [-0.1, -0.05) is 61.7 Å². The van der Waals surface area contributed by atoms with E-state index in [1.807, 2.05) is 42.5 Å². The lowest BCUT2D eigenvalue weighted by atomic mass is 9.84. The van der Waals surface area contributed by atoms with E-state index in [4.69, 9.17) is 4.74 Å². The molecule has 164 valence electrons. The molecule has 0 aromatic heterocycles. The van der Waals surface area contributed by atoms with Crippen LogP contribution in [-0.4, -0.2) is 11.0 Å². The highest BCUT2D eigenvalue weighted by Gasteiger charge is 2.21. The summed E-state index contributed by atoms with van der Waals surface area (Å²) in [5, 5.41) is 10.9. The Morgan fingerprint density at radius 2 is 1.56 bits per heavy atom. The van der Waals surface area contributed by atoms with Gasteiger partial charge in [0.05, 0.1) is 11.5 Å². The minimum atomic E-state index is -0.534. The second-order valence-electron chi connectivity index (χ2n) is 8.12. The summed E-state index contributed by atoms with van der Waals surface area (Å²) in [6.07, 6.45) is 5.76. The number of nitrogens with zero attached hydrogens (tertiary/aromatic N) is 2. The molecular weight excluding hydrogens is 404 g/mol. The monoisotopic (exact) mass is 430 g/mol. The summed E-state index contributed by atoms with van der Waals surface area (Å²) >= 11 is 0. The summed E-state index contributed by atoms with van der Waals surface area (Å²) in [7, 11) is 0. The van der Waals surface area contributed by atoms with Crippen molar-refractivity contribution >= 4 is 17.5 Å². The Morgan fingerprint density at radius 3 is 2.19 bits per heavy atom. The molecular formula is C26H26N2O4. The summed E-state index contributed by atoms with van der Waals surface area (Å²) in [4.78, 5) is 25.1. The molecule has 0 bridgehead atoms. The van der Waals surface area contributed by atoms with Crippen molar-refractivity contribution in [2.24, 2.45) is 0 Å². The van der Waals surface area contributed by atoms with Gasteiger partial charge in [-0.15, -0.1) is 0 Å². The van der Waals surface area contributed by atoms with Crippen molar-refractivity contribution in [3.63, 3.8) is 0 Å². The van der Waals surface area contributed by atoms with E-state index in [9.17, 15) is 14.9 Å². The average molecular weight is 431 g/mol. The molecule has 0 heterocycles. The third kappa shape index (κ3) is 5.32. The molecule has 0 N–H and O–H groups in total. The molecule has 0 saturated heterocycles. The van der Waals surface area contributed by atoms with Crippen molar-refractivity contribution < 1.29 is 14.5 Å². The predicted octanol–water partition coefficient (Wildman–Crippen LogP) is 6.85. The number of carbonyl (C=O) groups excluding carboxylic acids is 1. The molecule has 0 spiro atoms. The summed E-state index contributed by atoms with van der Waals surface area (Å²) in [5.74, 6) is 0.852. The zero-order chi connectivity index (χ0) is 22.3. The molecule has 0 unspecified atom stereocenters. The Kier molecular flexibility index (Phi) is 6.80. The van der Waals surface area contributed by atoms with Crippen LogP contribution in [-0.2, 0) is 6.54 Å². The Balaban J connectivity index is 1.55. The molecule has 3 aromatic carbocycles. The standard InChI is InChI=1S/C26H26N2O4/c29-26(32-25-17-15-24(16-18-25)28(30)31)27(19-20-7-3-1-4-8-20)23-13-11-22(12-14-23)21-9-5-2-6-10-21/h1,3-4,7-8,11-18,21H,2,5-6,9-10,19H2. The highest BCUT2D eigenvalue weighted by molar-refractivity contribution is 5.89. The first-order chi connectivity index (χ1) is 15.6.